The average Bonchev–Trinajstić information content (AvgIpc) is 2.44. The third-order valence-corrected chi connectivity index (χ3v) is 4.25. The summed E-state index contributed by atoms with van der Waals surface area (Å²) in [6.45, 7) is 7.73. The van der Waals surface area contributed by atoms with Crippen molar-refractivity contribution in [2.75, 3.05) is 0 Å². The summed E-state index contributed by atoms with van der Waals surface area (Å²) in [4.78, 5) is 0. The number of aryl methyl sites for hydroxylation is 1. The Morgan fingerprint density at radius 2 is 1.68 bits per heavy atom. The molecule has 0 aliphatic heterocycles. The Balaban J connectivity index is 2.13. The van der Waals surface area contributed by atoms with Crippen LogP contribution in [0.25, 0.3) is 0 Å². The average molecular weight is 315 g/mol. The summed E-state index contributed by atoms with van der Waals surface area (Å²) < 4.78 is 21.5. The van der Waals surface area contributed by atoms with Gasteiger partial charge in [0.25, 0.3) is 0 Å². The molecule has 0 fully saturated rings. The van der Waals surface area contributed by atoms with Gasteiger partial charge in [-0.15, -0.1) is 0 Å². The van der Waals surface area contributed by atoms with Gasteiger partial charge in [0, 0.05) is 6.21 Å². The molecule has 22 heavy (non-hydrogen) atoms. The lowest BCUT2D eigenvalue weighted by atomic mass is 10.2. The third-order valence-electron chi connectivity index (χ3n) is 2.90. The Labute approximate surface area is 134 Å². The van der Waals surface area contributed by atoms with Crippen molar-refractivity contribution >= 4 is 17.2 Å². The predicted molar refractivity (Wildman–Crippen MR) is 93.2 cm³/mol. The summed E-state index contributed by atoms with van der Waals surface area (Å²) in [5.41, 5.74) is 2.01. The van der Waals surface area contributed by atoms with Crippen molar-refractivity contribution in [2.24, 2.45) is 4.40 Å². The van der Waals surface area contributed by atoms with Gasteiger partial charge in [0.15, 0.2) is 0 Å². The molecule has 0 bridgehead atoms. The predicted octanol–water partition coefficient (Wildman–Crippen LogP) is 4.67. The summed E-state index contributed by atoms with van der Waals surface area (Å²) in [6.07, 6.45) is 1.63. The molecule has 0 amide bonds. The van der Waals surface area contributed by atoms with E-state index in [2.05, 4.69) is 4.40 Å². The van der Waals surface area contributed by atoms with E-state index >= 15 is 0 Å². The normalized spacial score (nSPS) is 13.3. The lowest BCUT2D eigenvalue weighted by molar-refractivity contribution is 0.482. The molecule has 0 aliphatic rings. The number of rotatable bonds is 4. The van der Waals surface area contributed by atoms with Crippen molar-refractivity contribution in [3.05, 3.63) is 59.7 Å². The zero-order valence-corrected chi connectivity index (χ0v) is 14.2. The van der Waals surface area contributed by atoms with Gasteiger partial charge in [-0.3, -0.25) is 0 Å². The van der Waals surface area contributed by atoms with E-state index in [0.717, 1.165) is 22.6 Å². The van der Waals surface area contributed by atoms with Crippen LogP contribution in [0.5, 0.6) is 11.5 Å². The van der Waals surface area contributed by atoms with Crippen LogP contribution < -0.4 is 4.74 Å². The minimum atomic E-state index is -1.26. The summed E-state index contributed by atoms with van der Waals surface area (Å²) in [7, 11) is -1.26. The first-order valence-electron chi connectivity index (χ1n) is 7.15. The van der Waals surface area contributed by atoms with Crippen molar-refractivity contribution < 1.29 is 8.95 Å². The van der Waals surface area contributed by atoms with Gasteiger partial charge in [0.2, 0.25) is 0 Å². The Bertz CT molecular complexity index is 702. The number of ether oxygens (including phenoxy) is 1. The molecule has 4 heteroatoms. The van der Waals surface area contributed by atoms with Crippen LogP contribution in [-0.4, -0.2) is 15.2 Å². The fourth-order valence-corrected chi connectivity index (χ4v) is 2.27. The highest BCUT2D eigenvalue weighted by Crippen LogP contribution is 2.22. The molecule has 2 rings (SSSR count). The van der Waals surface area contributed by atoms with Gasteiger partial charge < -0.3 is 4.74 Å². The minimum absolute atomic E-state index is 0.355. The fourth-order valence-electron chi connectivity index (χ4n) is 1.74. The SMILES string of the molecule is Cc1cccc(Oc2cccc(/C=N/[S@](=O)C(C)(C)C)c2)c1. The van der Waals surface area contributed by atoms with Crippen molar-refractivity contribution in [3.8, 4) is 11.5 Å². The van der Waals surface area contributed by atoms with Gasteiger partial charge in [-0.2, -0.15) is 4.40 Å². The molecule has 1 atom stereocenters. The molecule has 0 spiro atoms. The van der Waals surface area contributed by atoms with Gasteiger partial charge in [-0.05, 0) is 63.1 Å². The fraction of sp³-hybridized carbons (Fsp3) is 0.278. The number of hydrogen-bond donors (Lipinski definition) is 0. The molecule has 0 N–H and O–H groups in total. The summed E-state index contributed by atoms with van der Waals surface area (Å²) in [5.74, 6) is 1.53. The number of hydrogen-bond acceptors (Lipinski definition) is 2. The lowest BCUT2D eigenvalue weighted by Gasteiger charge is -2.12. The van der Waals surface area contributed by atoms with Crippen LogP contribution in [0.1, 0.15) is 31.9 Å². The quantitative estimate of drug-likeness (QED) is 0.769. The molecular weight excluding hydrogens is 294 g/mol. The van der Waals surface area contributed by atoms with E-state index in [4.69, 9.17) is 4.74 Å². The van der Waals surface area contributed by atoms with E-state index in [0.29, 0.717) is 0 Å². The molecule has 0 heterocycles. The van der Waals surface area contributed by atoms with E-state index in [1.54, 1.807) is 6.21 Å². The first-order chi connectivity index (χ1) is 10.3. The Morgan fingerprint density at radius 1 is 1.05 bits per heavy atom. The molecule has 0 unspecified atom stereocenters. The molecule has 0 aliphatic carbocycles. The van der Waals surface area contributed by atoms with E-state index in [1.165, 1.54) is 0 Å². The van der Waals surface area contributed by atoms with Crippen LogP contribution in [0.2, 0.25) is 0 Å². The van der Waals surface area contributed by atoms with Gasteiger partial charge in [0.1, 0.15) is 22.5 Å². The van der Waals surface area contributed by atoms with E-state index in [-0.39, 0.29) is 4.75 Å². The van der Waals surface area contributed by atoms with E-state index in [1.807, 2.05) is 76.2 Å². The Kier molecular flexibility index (Phi) is 5.14. The molecule has 0 radical (unpaired) electrons. The van der Waals surface area contributed by atoms with Crippen LogP contribution in [0.15, 0.2) is 52.9 Å². The molecule has 116 valence electrons. The Morgan fingerprint density at radius 3 is 2.32 bits per heavy atom. The molecule has 0 saturated heterocycles. The van der Waals surface area contributed by atoms with Crippen LogP contribution in [0.4, 0.5) is 0 Å². The van der Waals surface area contributed by atoms with Gasteiger partial charge in [-0.1, -0.05) is 24.3 Å². The van der Waals surface area contributed by atoms with Crippen molar-refractivity contribution in [1.82, 2.24) is 0 Å². The topological polar surface area (TPSA) is 38.7 Å². The second-order valence-electron chi connectivity index (χ2n) is 6.09. The molecule has 2 aromatic rings. The van der Waals surface area contributed by atoms with Crippen LogP contribution in [0.3, 0.4) is 0 Å². The highest BCUT2D eigenvalue weighted by Gasteiger charge is 2.18. The van der Waals surface area contributed by atoms with Gasteiger partial charge in [0.05, 0.1) is 4.75 Å². The van der Waals surface area contributed by atoms with Gasteiger partial charge in [-0.25, -0.2) is 4.21 Å². The lowest BCUT2D eigenvalue weighted by Crippen LogP contribution is -2.19. The molecule has 0 saturated carbocycles. The maximum Gasteiger partial charge on any atom is 0.144 e. The molecular formula is C18H21NO2S. The largest absolute Gasteiger partial charge is 0.457 e. The van der Waals surface area contributed by atoms with Crippen molar-refractivity contribution in [3.63, 3.8) is 0 Å². The van der Waals surface area contributed by atoms with Gasteiger partial charge >= 0.3 is 0 Å². The van der Waals surface area contributed by atoms with Crippen LogP contribution >= 0.6 is 0 Å². The maximum atomic E-state index is 11.9. The first-order valence-corrected chi connectivity index (χ1v) is 8.26. The van der Waals surface area contributed by atoms with Crippen LogP contribution in [0, 0.1) is 6.92 Å². The highest BCUT2D eigenvalue weighted by atomic mass is 32.2. The summed E-state index contributed by atoms with van der Waals surface area (Å²) in [6, 6.07) is 15.5. The third kappa shape index (κ3) is 4.81. The smallest absolute Gasteiger partial charge is 0.144 e. The second-order valence-corrected chi connectivity index (χ2v) is 8.02. The molecule has 2 aromatic carbocycles. The van der Waals surface area contributed by atoms with E-state index < -0.39 is 11.0 Å². The standard InChI is InChI=1S/C18H21NO2S/c1-14-7-5-9-16(11-14)21-17-10-6-8-15(12-17)13-19-22(20)18(2,3)4/h5-13H,1-4H3/b19-13+/t22-/m1/s1. The first kappa shape index (κ1) is 16.4. The van der Waals surface area contributed by atoms with Crippen molar-refractivity contribution in [2.45, 2.75) is 32.4 Å². The number of benzene rings is 2. The molecule has 0 aromatic heterocycles. The Hall–Kier alpha value is -1.94. The highest BCUT2D eigenvalue weighted by molar-refractivity contribution is 7.85. The summed E-state index contributed by atoms with van der Waals surface area (Å²) >= 11 is 0. The van der Waals surface area contributed by atoms with E-state index in [9.17, 15) is 4.21 Å². The zero-order valence-electron chi connectivity index (χ0n) is 13.4. The van der Waals surface area contributed by atoms with Crippen molar-refractivity contribution in [1.29, 1.82) is 0 Å². The number of nitrogens with zero attached hydrogens (tertiary/aromatic N) is 1. The second kappa shape index (κ2) is 6.88. The summed E-state index contributed by atoms with van der Waals surface area (Å²) in [5, 5.41) is 0. The molecule has 3 nitrogen and oxygen atoms in total. The maximum absolute atomic E-state index is 11.9. The van der Waals surface area contributed by atoms with Crippen LogP contribution in [-0.2, 0) is 11.0 Å². The zero-order chi connectivity index (χ0) is 16.2. The minimum Gasteiger partial charge on any atom is -0.457 e. The monoisotopic (exact) mass is 315 g/mol.